The molecule has 4 aliphatic heterocycles. The van der Waals surface area contributed by atoms with Crippen molar-refractivity contribution >= 4 is 0 Å². The summed E-state index contributed by atoms with van der Waals surface area (Å²) in [6.45, 7) is 2.43. The minimum atomic E-state index is 0.608. The Bertz CT molecular complexity index is 816. The number of benzene rings is 2. The molecule has 0 amide bonds. The minimum absolute atomic E-state index is 0.608. The molecule has 2 nitrogen and oxygen atoms in total. The van der Waals surface area contributed by atoms with Crippen molar-refractivity contribution < 1.29 is 0 Å². The first-order chi connectivity index (χ1) is 12.9. The van der Waals surface area contributed by atoms with Crippen LogP contribution in [0, 0.1) is 47.4 Å². The fraction of sp³-hybridized carbons (Fsp3) is 0.167. The summed E-state index contributed by atoms with van der Waals surface area (Å²) in [6.07, 6.45) is 0. The predicted octanol–water partition coefficient (Wildman–Crippen LogP) is 1.99. The van der Waals surface area contributed by atoms with Crippen LogP contribution in [0.2, 0.25) is 0 Å². The lowest BCUT2D eigenvalue weighted by Gasteiger charge is -1.95. The fourth-order valence-corrected chi connectivity index (χ4v) is 2.23. The average Bonchev–Trinajstić information content (AvgIpc) is 2.68. The van der Waals surface area contributed by atoms with Gasteiger partial charge >= 0.3 is 0 Å². The molecule has 0 saturated heterocycles. The lowest BCUT2D eigenvalue weighted by molar-refractivity contribution is 0.871. The van der Waals surface area contributed by atoms with Crippen LogP contribution in [0.1, 0.15) is 22.3 Å². The number of hydrogen-bond donors (Lipinski definition) is 2. The van der Waals surface area contributed by atoms with Crippen molar-refractivity contribution in [3.05, 3.63) is 70.8 Å². The molecule has 0 atom stereocenters. The summed E-state index contributed by atoms with van der Waals surface area (Å²) in [5.41, 5.74) is 3.94. The van der Waals surface area contributed by atoms with Gasteiger partial charge in [-0.05, 0) is 48.5 Å². The Hall–Kier alpha value is -3.40. The van der Waals surface area contributed by atoms with E-state index in [1.54, 1.807) is 0 Å². The van der Waals surface area contributed by atoms with E-state index in [-0.39, 0.29) is 0 Å². The predicted molar refractivity (Wildman–Crippen MR) is 106 cm³/mol. The maximum absolute atomic E-state index is 3.21. The van der Waals surface area contributed by atoms with Crippen molar-refractivity contribution in [1.29, 1.82) is 0 Å². The van der Waals surface area contributed by atoms with Crippen LogP contribution >= 0.6 is 0 Å². The summed E-state index contributed by atoms with van der Waals surface area (Å²) in [4.78, 5) is 0. The number of rotatable bonds is 0. The van der Waals surface area contributed by atoms with Crippen LogP contribution in [-0.2, 0) is 0 Å². The Morgan fingerprint density at radius 3 is 0.885 bits per heavy atom. The molecule has 6 rings (SSSR count). The molecule has 2 heteroatoms. The number of hydrogen-bond acceptors (Lipinski definition) is 2. The van der Waals surface area contributed by atoms with Gasteiger partial charge in [-0.15, -0.1) is 0 Å². The quantitative estimate of drug-likeness (QED) is 0.720. The SMILES string of the molecule is C1#Cc2ccc(cc2)C#CCNCC#Cc2ccc(cc2)C#CCNC1. The van der Waals surface area contributed by atoms with Crippen molar-refractivity contribution in [3.63, 3.8) is 0 Å². The van der Waals surface area contributed by atoms with E-state index in [9.17, 15) is 0 Å². The van der Waals surface area contributed by atoms with Gasteiger partial charge in [0, 0.05) is 22.3 Å². The van der Waals surface area contributed by atoms with E-state index in [0.717, 1.165) is 22.3 Å². The van der Waals surface area contributed by atoms with E-state index < -0.39 is 0 Å². The molecule has 26 heavy (non-hydrogen) atoms. The summed E-state index contributed by atoms with van der Waals surface area (Å²) < 4.78 is 0. The average molecular weight is 334 g/mol. The summed E-state index contributed by atoms with van der Waals surface area (Å²) >= 11 is 0. The van der Waals surface area contributed by atoms with Gasteiger partial charge in [0.05, 0.1) is 26.2 Å². The van der Waals surface area contributed by atoms with Crippen LogP contribution in [0.5, 0.6) is 0 Å². The maximum Gasteiger partial charge on any atom is 0.0587 e. The van der Waals surface area contributed by atoms with Gasteiger partial charge in [0.25, 0.3) is 0 Å². The van der Waals surface area contributed by atoms with Gasteiger partial charge in [0.2, 0.25) is 0 Å². The molecule has 0 saturated carbocycles. The first-order valence-electron chi connectivity index (χ1n) is 8.47. The highest BCUT2D eigenvalue weighted by atomic mass is 14.8. The van der Waals surface area contributed by atoms with Gasteiger partial charge in [-0.3, -0.25) is 10.6 Å². The molecule has 4 bridgehead atoms. The van der Waals surface area contributed by atoms with Crippen LogP contribution in [0.3, 0.4) is 0 Å². The monoisotopic (exact) mass is 334 g/mol. The zero-order chi connectivity index (χ0) is 17.9. The van der Waals surface area contributed by atoms with Gasteiger partial charge in [-0.25, -0.2) is 0 Å². The molecule has 2 aromatic rings. The molecular weight excluding hydrogens is 316 g/mol. The zero-order valence-electron chi connectivity index (χ0n) is 14.4. The Morgan fingerprint density at radius 1 is 0.423 bits per heavy atom. The molecule has 0 spiro atoms. The van der Waals surface area contributed by atoms with E-state index in [4.69, 9.17) is 0 Å². The Labute approximate surface area is 155 Å². The Kier molecular flexibility index (Phi) is 6.56. The number of nitrogens with one attached hydrogen (secondary N) is 2. The lowest BCUT2D eigenvalue weighted by Crippen LogP contribution is -2.13. The highest BCUT2D eigenvalue weighted by Crippen LogP contribution is 2.02. The highest BCUT2D eigenvalue weighted by Gasteiger charge is 1.90. The molecule has 2 N–H and O–H groups in total. The zero-order valence-corrected chi connectivity index (χ0v) is 14.4. The highest BCUT2D eigenvalue weighted by molar-refractivity contribution is 5.43. The fourth-order valence-electron chi connectivity index (χ4n) is 2.23. The van der Waals surface area contributed by atoms with E-state index >= 15 is 0 Å². The topological polar surface area (TPSA) is 24.1 Å². The third-order valence-electron chi connectivity index (χ3n) is 3.55. The van der Waals surface area contributed by atoms with E-state index in [0.29, 0.717) is 26.2 Å². The van der Waals surface area contributed by atoms with E-state index in [1.807, 2.05) is 48.5 Å². The maximum atomic E-state index is 3.21. The summed E-state index contributed by atoms with van der Waals surface area (Å²) in [6, 6.07) is 15.9. The normalized spacial score (nSPS) is 13.2. The van der Waals surface area contributed by atoms with Crippen molar-refractivity contribution in [1.82, 2.24) is 10.6 Å². The van der Waals surface area contributed by atoms with E-state index in [2.05, 4.69) is 58.0 Å². The van der Waals surface area contributed by atoms with Crippen molar-refractivity contribution in [2.24, 2.45) is 0 Å². The molecule has 2 aromatic carbocycles. The second kappa shape index (κ2) is 9.79. The van der Waals surface area contributed by atoms with Crippen LogP contribution in [0.15, 0.2) is 48.5 Å². The standard InChI is InChI=1S/C24H18N2/c1-5-21-9-11-22(12-10-21)7-3-19-26-20-4-8-24-15-13-23(14-16-24)6-2-18-25-17-1/h9-16,25-26H,17-20H2. The molecule has 4 heterocycles. The molecule has 0 aliphatic carbocycles. The smallest absolute Gasteiger partial charge is 0.0587 e. The second-order valence-corrected chi connectivity index (χ2v) is 5.57. The first kappa shape index (κ1) is 17.4. The molecular formula is C24H18N2. The molecule has 0 radical (unpaired) electrons. The molecule has 124 valence electrons. The largest absolute Gasteiger partial charge is 0.295 e. The summed E-state index contributed by atoms with van der Waals surface area (Å²) in [5.74, 6) is 25.0. The third kappa shape index (κ3) is 5.91. The van der Waals surface area contributed by atoms with Crippen molar-refractivity contribution in [2.45, 2.75) is 0 Å². The van der Waals surface area contributed by atoms with E-state index in [1.165, 1.54) is 0 Å². The van der Waals surface area contributed by atoms with Crippen LogP contribution < -0.4 is 10.6 Å². The van der Waals surface area contributed by atoms with Crippen LogP contribution in [0.25, 0.3) is 0 Å². The summed E-state index contributed by atoms with van der Waals surface area (Å²) in [5, 5.41) is 6.41. The second-order valence-electron chi connectivity index (χ2n) is 5.57. The minimum Gasteiger partial charge on any atom is -0.295 e. The van der Waals surface area contributed by atoms with Gasteiger partial charge in [0.1, 0.15) is 0 Å². The van der Waals surface area contributed by atoms with Crippen LogP contribution in [-0.4, -0.2) is 26.2 Å². The third-order valence-corrected chi connectivity index (χ3v) is 3.55. The first-order valence-corrected chi connectivity index (χ1v) is 8.47. The van der Waals surface area contributed by atoms with Gasteiger partial charge in [-0.1, -0.05) is 47.4 Å². The molecule has 0 unspecified atom stereocenters. The van der Waals surface area contributed by atoms with Crippen molar-refractivity contribution in [3.8, 4) is 47.4 Å². The Balaban J connectivity index is 1.73. The van der Waals surface area contributed by atoms with Crippen LogP contribution in [0.4, 0.5) is 0 Å². The molecule has 0 fully saturated rings. The Morgan fingerprint density at radius 2 is 0.654 bits per heavy atom. The van der Waals surface area contributed by atoms with Gasteiger partial charge < -0.3 is 0 Å². The summed E-state index contributed by atoms with van der Waals surface area (Å²) in [7, 11) is 0. The molecule has 0 aromatic heterocycles. The van der Waals surface area contributed by atoms with Crippen molar-refractivity contribution in [2.75, 3.05) is 26.2 Å². The lowest BCUT2D eigenvalue weighted by atomic mass is 10.1. The van der Waals surface area contributed by atoms with Gasteiger partial charge in [0.15, 0.2) is 0 Å². The van der Waals surface area contributed by atoms with Gasteiger partial charge in [-0.2, -0.15) is 0 Å². The molecule has 4 aliphatic rings.